The van der Waals surface area contributed by atoms with Gasteiger partial charge in [-0.25, -0.2) is 0 Å². The smallest absolute Gasteiger partial charge is 0.416 e. The molecule has 0 spiro atoms. The van der Waals surface area contributed by atoms with Crippen molar-refractivity contribution >= 4 is 34.6 Å². The number of aromatic nitrogens is 2. The van der Waals surface area contributed by atoms with Crippen molar-refractivity contribution in [2.75, 3.05) is 12.0 Å². The molecule has 1 fully saturated rings. The zero-order valence-corrected chi connectivity index (χ0v) is 20.5. The van der Waals surface area contributed by atoms with Crippen molar-refractivity contribution in [3.63, 3.8) is 0 Å². The van der Waals surface area contributed by atoms with Crippen LogP contribution in [0.1, 0.15) is 29.0 Å². The second-order valence-corrected chi connectivity index (χ2v) is 8.96. The maximum absolute atomic E-state index is 13.5. The van der Waals surface area contributed by atoms with E-state index in [2.05, 4.69) is 10.3 Å². The van der Waals surface area contributed by atoms with E-state index in [9.17, 15) is 13.2 Å². The molecule has 4 aromatic rings. The Balaban J connectivity index is 1.66. The van der Waals surface area contributed by atoms with Gasteiger partial charge in [0, 0.05) is 29.5 Å². The van der Waals surface area contributed by atoms with Gasteiger partial charge in [-0.3, -0.25) is 4.98 Å². The van der Waals surface area contributed by atoms with E-state index in [1.807, 2.05) is 35.2 Å². The van der Waals surface area contributed by atoms with Crippen LogP contribution in [0.5, 0.6) is 5.75 Å². The van der Waals surface area contributed by atoms with Crippen molar-refractivity contribution in [1.29, 1.82) is 0 Å². The van der Waals surface area contributed by atoms with Gasteiger partial charge in [-0.1, -0.05) is 23.7 Å². The number of benzene rings is 2. The highest BCUT2D eigenvalue weighted by Gasteiger charge is 2.42. The molecule has 1 aliphatic heterocycles. The number of pyridine rings is 1. The fourth-order valence-electron chi connectivity index (χ4n) is 4.44. The summed E-state index contributed by atoms with van der Waals surface area (Å²) >= 11 is 12.2. The molecule has 0 amide bonds. The summed E-state index contributed by atoms with van der Waals surface area (Å²) in [5.41, 5.74) is 1.83. The molecular weight excluding hydrogens is 509 g/mol. The number of thiocarbonyl (C=S) groups is 1. The van der Waals surface area contributed by atoms with Crippen LogP contribution in [0.2, 0.25) is 5.02 Å². The molecule has 0 radical (unpaired) electrons. The van der Waals surface area contributed by atoms with Crippen LogP contribution in [0.3, 0.4) is 0 Å². The molecule has 5 rings (SSSR count). The third-order valence-corrected chi connectivity index (χ3v) is 6.66. The largest absolute Gasteiger partial charge is 0.495 e. The molecule has 2 aromatic carbocycles. The van der Waals surface area contributed by atoms with Crippen molar-refractivity contribution in [2.24, 2.45) is 0 Å². The van der Waals surface area contributed by atoms with Crippen LogP contribution >= 0.6 is 23.8 Å². The number of nitrogens with one attached hydrogen (secondary N) is 1. The first-order valence-corrected chi connectivity index (χ1v) is 11.8. The Hall–Kier alpha value is -3.56. The lowest BCUT2D eigenvalue weighted by molar-refractivity contribution is -0.137. The summed E-state index contributed by atoms with van der Waals surface area (Å²) in [5, 5.41) is 4.19. The van der Waals surface area contributed by atoms with E-state index in [1.165, 1.54) is 13.2 Å². The first-order valence-electron chi connectivity index (χ1n) is 11.0. The van der Waals surface area contributed by atoms with E-state index in [-0.39, 0.29) is 6.04 Å². The monoisotopic (exact) mass is 528 g/mol. The summed E-state index contributed by atoms with van der Waals surface area (Å²) < 4.78 is 47.4. The van der Waals surface area contributed by atoms with Crippen molar-refractivity contribution in [3.05, 3.63) is 107 Å². The summed E-state index contributed by atoms with van der Waals surface area (Å²) in [7, 11) is 1.53. The molecule has 0 bridgehead atoms. The van der Waals surface area contributed by atoms with E-state index >= 15 is 0 Å². The van der Waals surface area contributed by atoms with E-state index in [0.29, 0.717) is 27.3 Å². The topological polar surface area (TPSA) is 42.3 Å². The molecule has 3 heterocycles. The molecule has 0 saturated carbocycles. The van der Waals surface area contributed by atoms with E-state index in [1.54, 1.807) is 41.2 Å². The normalized spacial score (nSPS) is 17.8. The number of ether oxygens (including phenoxy) is 1. The average molecular weight is 529 g/mol. The van der Waals surface area contributed by atoms with E-state index in [4.69, 9.17) is 28.6 Å². The number of nitrogens with zero attached hydrogens (tertiary/aromatic N) is 3. The highest BCUT2D eigenvalue weighted by molar-refractivity contribution is 7.80. The molecule has 2 unspecified atom stereocenters. The highest BCUT2D eigenvalue weighted by atomic mass is 35.5. The molecule has 0 aliphatic carbocycles. The quantitative estimate of drug-likeness (QED) is 0.291. The van der Waals surface area contributed by atoms with Crippen LogP contribution in [0.15, 0.2) is 85.2 Å². The van der Waals surface area contributed by atoms with Crippen molar-refractivity contribution in [2.45, 2.75) is 18.3 Å². The van der Waals surface area contributed by atoms with Crippen molar-refractivity contribution < 1.29 is 17.9 Å². The summed E-state index contributed by atoms with van der Waals surface area (Å²) in [6.07, 6.45) is -1.03. The molecule has 1 saturated heterocycles. The van der Waals surface area contributed by atoms with Crippen molar-refractivity contribution in [3.8, 4) is 11.4 Å². The van der Waals surface area contributed by atoms with Gasteiger partial charge in [0.25, 0.3) is 0 Å². The maximum Gasteiger partial charge on any atom is 0.416 e. The predicted octanol–water partition coefficient (Wildman–Crippen LogP) is 6.73. The number of methoxy groups -OCH3 is 1. The Morgan fingerprint density at radius 2 is 1.83 bits per heavy atom. The lowest BCUT2D eigenvalue weighted by atomic mass is 10.0. The molecule has 184 valence electrons. The molecule has 36 heavy (non-hydrogen) atoms. The Morgan fingerprint density at radius 3 is 2.53 bits per heavy atom. The Labute approximate surface area is 216 Å². The van der Waals surface area contributed by atoms with Gasteiger partial charge in [-0.2, -0.15) is 13.2 Å². The van der Waals surface area contributed by atoms with Crippen LogP contribution in [0, 0.1) is 0 Å². The van der Waals surface area contributed by atoms with Gasteiger partial charge in [0.1, 0.15) is 11.8 Å². The van der Waals surface area contributed by atoms with Gasteiger partial charge >= 0.3 is 6.18 Å². The minimum Gasteiger partial charge on any atom is -0.495 e. The zero-order valence-electron chi connectivity index (χ0n) is 18.9. The lowest BCUT2D eigenvalue weighted by Gasteiger charge is -2.29. The number of anilines is 1. The van der Waals surface area contributed by atoms with E-state index in [0.717, 1.165) is 23.5 Å². The fourth-order valence-corrected chi connectivity index (χ4v) is 5.04. The van der Waals surface area contributed by atoms with Crippen LogP contribution in [-0.2, 0) is 6.18 Å². The van der Waals surface area contributed by atoms with Gasteiger partial charge in [0.05, 0.1) is 29.4 Å². The lowest BCUT2D eigenvalue weighted by Crippen LogP contribution is -2.30. The molecule has 10 heteroatoms. The number of hydrogen-bond donors (Lipinski definition) is 1. The standard InChI is InChI=1S/C26H20ClF3N4OS/c1-35-22-11-10-18(15-19(22)27)34-24(23(32-25(34)36)20-8-2-3-12-31-20)21-9-5-13-33(21)17-7-4-6-16(14-17)26(28,29)30/h2-15,23-24H,1H3,(H,32,36). The van der Waals surface area contributed by atoms with Crippen molar-refractivity contribution in [1.82, 2.24) is 14.9 Å². The number of alkyl halides is 3. The number of halogens is 4. The highest BCUT2D eigenvalue weighted by Crippen LogP contribution is 2.44. The second-order valence-electron chi connectivity index (χ2n) is 8.17. The Kier molecular flexibility index (Phi) is 6.36. The first kappa shape index (κ1) is 24.1. The SMILES string of the molecule is COc1ccc(N2C(=S)NC(c3ccccn3)C2c2cccn2-c2cccc(C(F)(F)F)c2)cc1Cl. The summed E-state index contributed by atoms with van der Waals surface area (Å²) in [5.74, 6) is 0.517. The Morgan fingerprint density at radius 1 is 1.00 bits per heavy atom. The molecule has 1 N–H and O–H groups in total. The summed E-state index contributed by atoms with van der Waals surface area (Å²) in [4.78, 5) is 6.43. The minimum atomic E-state index is -4.46. The number of hydrogen-bond acceptors (Lipinski definition) is 3. The van der Waals surface area contributed by atoms with Crippen LogP contribution < -0.4 is 15.0 Å². The van der Waals surface area contributed by atoms with Gasteiger partial charge in [0.2, 0.25) is 0 Å². The zero-order chi connectivity index (χ0) is 25.4. The molecule has 2 aromatic heterocycles. The van der Waals surface area contributed by atoms with Crippen LogP contribution in [-0.4, -0.2) is 21.8 Å². The molecule has 5 nitrogen and oxygen atoms in total. The second kappa shape index (κ2) is 9.48. The van der Waals surface area contributed by atoms with Gasteiger partial charge < -0.3 is 19.5 Å². The maximum atomic E-state index is 13.5. The minimum absolute atomic E-state index is 0.376. The van der Waals surface area contributed by atoms with Gasteiger partial charge in [-0.05, 0) is 72.9 Å². The van der Waals surface area contributed by atoms with Gasteiger partial charge in [0.15, 0.2) is 5.11 Å². The third kappa shape index (κ3) is 4.40. The predicted molar refractivity (Wildman–Crippen MR) is 137 cm³/mol. The third-order valence-electron chi connectivity index (χ3n) is 6.05. The molecule has 1 aliphatic rings. The molecule has 2 atom stereocenters. The van der Waals surface area contributed by atoms with E-state index < -0.39 is 17.8 Å². The fraction of sp³-hybridized carbons (Fsp3) is 0.154. The number of rotatable bonds is 5. The van der Waals surface area contributed by atoms with Gasteiger partial charge in [-0.15, -0.1) is 0 Å². The average Bonchev–Trinajstić information content (AvgIpc) is 3.48. The Bertz CT molecular complexity index is 1410. The van der Waals surface area contributed by atoms with Crippen LogP contribution in [0.25, 0.3) is 5.69 Å². The summed E-state index contributed by atoms with van der Waals surface area (Å²) in [6, 6.07) is 19.0. The first-order chi connectivity index (χ1) is 17.3. The molecular formula is C26H20ClF3N4OS. The van der Waals surface area contributed by atoms with Crippen LogP contribution in [0.4, 0.5) is 18.9 Å². The summed E-state index contributed by atoms with van der Waals surface area (Å²) in [6.45, 7) is 0.